The summed E-state index contributed by atoms with van der Waals surface area (Å²) in [4.78, 5) is 37.2. The third-order valence-electron chi connectivity index (χ3n) is 11.5. The highest BCUT2D eigenvalue weighted by Gasteiger charge is 2.25. The molecule has 0 heterocycles. The minimum Gasteiger partial charge on any atom is -0.477 e. The Morgan fingerprint density at radius 2 is 0.836 bits per heavy atom. The number of rotatable bonds is 48. The first-order valence-corrected chi connectivity index (χ1v) is 25.9. The molecule has 0 saturated carbocycles. The zero-order valence-electron chi connectivity index (χ0n) is 40.8. The van der Waals surface area contributed by atoms with Crippen LogP contribution in [0.4, 0.5) is 0 Å². The van der Waals surface area contributed by atoms with Gasteiger partial charge in [0.15, 0.2) is 6.10 Å². The molecule has 360 valence electrons. The lowest BCUT2D eigenvalue weighted by Crippen LogP contribution is -2.40. The van der Waals surface area contributed by atoms with E-state index in [0.717, 1.165) is 51.4 Å². The fourth-order valence-corrected chi connectivity index (χ4v) is 7.48. The Balaban J connectivity index is 4.28. The maximum absolute atomic E-state index is 12.8. The number of ether oxygens (including phenoxy) is 4. The summed E-state index contributed by atoms with van der Waals surface area (Å²) in [6.07, 6.45) is 45.6. The molecule has 61 heavy (non-hydrogen) atoms. The molecule has 0 saturated heterocycles. The number of unbranched alkanes of at least 4 members (excludes halogenated alkanes) is 31. The molecule has 2 atom stereocenters. The highest BCUT2D eigenvalue weighted by atomic mass is 16.7. The first kappa shape index (κ1) is 59.0. The van der Waals surface area contributed by atoms with E-state index in [2.05, 4.69) is 26.0 Å². The number of aliphatic carboxylic acids is 1. The van der Waals surface area contributed by atoms with Crippen LogP contribution in [0, 0.1) is 0 Å². The van der Waals surface area contributed by atoms with E-state index in [1.165, 1.54) is 161 Å². The summed E-state index contributed by atoms with van der Waals surface area (Å²) in [6, 6.07) is 0. The standard InChI is InChI=1S/C52H99NO8/c1-6-8-10-12-14-16-18-20-22-23-24-25-26-27-29-30-32-34-36-38-40-42-49(54)59-46-48(47-60-52(51(56)57)58-45-44-53(3,4)5)61-50(55)43-41-39-37-35-33-31-28-21-19-17-15-13-11-9-7-2/h21,28,48,52H,6-20,22-27,29-47H2,1-5H3/p+1/b28-21-. The highest BCUT2D eigenvalue weighted by Crippen LogP contribution is 2.16. The molecule has 0 aliphatic rings. The molecule has 0 aromatic carbocycles. The monoisotopic (exact) mass is 867 g/mol. The summed E-state index contributed by atoms with van der Waals surface area (Å²) in [5.74, 6) is -2.00. The average Bonchev–Trinajstić information content (AvgIpc) is 3.22. The van der Waals surface area contributed by atoms with Gasteiger partial charge in [-0.3, -0.25) is 9.59 Å². The molecule has 0 aliphatic heterocycles. The number of quaternary nitrogens is 1. The topological polar surface area (TPSA) is 108 Å². The van der Waals surface area contributed by atoms with Crippen molar-refractivity contribution in [1.29, 1.82) is 0 Å². The number of hydrogen-bond acceptors (Lipinski definition) is 7. The highest BCUT2D eigenvalue weighted by molar-refractivity contribution is 5.71. The number of carbonyl (C=O) groups excluding carboxylic acids is 2. The van der Waals surface area contributed by atoms with Gasteiger partial charge in [0, 0.05) is 12.8 Å². The van der Waals surface area contributed by atoms with Gasteiger partial charge in [0.1, 0.15) is 13.2 Å². The quantitative estimate of drug-likeness (QED) is 0.0212. The summed E-state index contributed by atoms with van der Waals surface area (Å²) < 4.78 is 22.8. The lowest BCUT2D eigenvalue weighted by molar-refractivity contribution is -0.870. The number of likely N-dealkylation sites (N-methyl/N-ethyl adjacent to an activating group) is 1. The molecule has 0 spiro atoms. The molecule has 2 unspecified atom stereocenters. The summed E-state index contributed by atoms with van der Waals surface area (Å²) in [5, 5.41) is 9.66. The van der Waals surface area contributed by atoms with Crippen LogP contribution in [-0.4, -0.2) is 87.4 Å². The van der Waals surface area contributed by atoms with Crippen LogP contribution in [0.25, 0.3) is 0 Å². The van der Waals surface area contributed by atoms with E-state index in [0.29, 0.717) is 23.9 Å². The van der Waals surface area contributed by atoms with Gasteiger partial charge in [-0.1, -0.05) is 206 Å². The van der Waals surface area contributed by atoms with Gasteiger partial charge < -0.3 is 28.5 Å². The van der Waals surface area contributed by atoms with Crippen molar-refractivity contribution in [1.82, 2.24) is 0 Å². The van der Waals surface area contributed by atoms with E-state index in [4.69, 9.17) is 18.9 Å². The van der Waals surface area contributed by atoms with Crippen molar-refractivity contribution < 1.29 is 42.9 Å². The maximum Gasteiger partial charge on any atom is 0.361 e. The predicted molar refractivity (Wildman–Crippen MR) is 254 cm³/mol. The molecule has 0 aromatic rings. The van der Waals surface area contributed by atoms with Gasteiger partial charge in [0.25, 0.3) is 6.29 Å². The molecule has 9 nitrogen and oxygen atoms in total. The Morgan fingerprint density at radius 3 is 1.21 bits per heavy atom. The molecular weight excluding hydrogens is 767 g/mol. The van der Waals surface area contributed by atoms with E-state index in [1.54, 1.807) is 0 Å². The summed E-state index contributed by atoms with van der Waals surface area (Å²) in [5.41, 5.74) is 0. The lowest BCUT2D eigenvalue weighted by Gasteiger charge is -2.25. The van der Waals surface area contributed by atoms with Gasteiger partial charge in [-0.15, -0.1) is 0 Å². The van der Waals surface area contributed by atoms with Crippen LogP contribution < -0.4 is 0 Å². The van der Waals surface area contributed by atoms with Crippen molar-refractivity contribution in [2.24, 2.45) is 0 Å². The Bertz CT molecular complexity index is 1010. The molecule has 1 N–H and O–H groups in total. The zero-order valence-corrected chi connectivity index (χ0v) is 40.8. The van der Waals surface area contributed by atoms with Gasteiger partial charge in [0.05, 0.1) is 34.4 Å². The third kappa shape index (κ3) is 45.9. The van der Waals surface area contributed by atoms with E-state index >= 15 is 0 Å². The minimum absolute atomic E-state index is 0.179. The fraction of sp³-hybridized carbons (Fsp3) is 0.904. The maximum atomic E-state index is 12.8. The van der Waals surface area contributed by atoms with Crippen LogP contribution in [-0.2, 0) is 33.3 Å². The summed E-state index contributed by atoms with van der Waals surface area (Å²) >= 11 is 0. The minimum atomic E-state index is -1.51. The van der Waals surface area contributed by atoms with E-state index < -0.39 is 24.3 Å². The van der Waals surface area contributed by atoms with E-state index in [9.17, 15) is 19.5 Å². The molecule has 0 fully saturated rings. The smallest absolute Gasteiger partial charge is 0.361 e. The Hall–Kier alpha value is -1.97. The van der Waals surface area contributed by atoms with Crippen LogP contribution in [0.5, 0.6) is 0 Å². The van der Waals surface area contributed by atoms with Gasteiger partial charge >= 0.3 is 17.9 Å². The molecule has 0 rings (SSSR count). The van der Waals surface area contributed by atoms with Crippen molar-refractivity contribution in [3.05, 3.63) is 12.2 Å². The molecular formula is C52H100NO8+. The first-order valence-electron chi connectivity index (χ1n) is 25.9. The fourth-order valence-electron chi connectivity index (χ4n) is 7.48. The molecule has 0 radical (unpaired) electrons. The van der Waals surface area contributed by atoms with Crippen LogP contribution in [0.3, 0.4) is 0 Å². The zero-order chi connectivity index (χ0) is 44.9. The van der Waals surface area contributed by atoms with Crippen molar-refractivity contribution in [3.63, 3.8) is 0 Å². The SMILES string of the molecule is CCCCCCCC/C=C\CCCCCCCC(=O)OC(COC(=O)CCCCCCCCCCCCCCCCCCCCCCC)COC(OCC[N+](C)(C)C)C(=O)O. The average molecular weight is 867 g/mol. The van der Waals surface area contributed by atoms with Crippen LogP contribution in [0.15, 0.2) is 12.2 Å². The van der Waals surface area contributed by atoms with Crippen molar-refractivity contribution in [2.45, 2.75) is 257 Å². The van der Waals surface area contributed by atoms with Gasteiger partial charge in [-0.05, 0) is 38.5 Å². The second-order valence-electron chi connectivity index (χ2n) is 18.8. The number of carboxylic acid groups (broad SMARTS) is 1. The molecule has 9 heteroatoms. The van der Waals surface area contributed by atoms with Gasteiger partial charge in [0.2, 0.25) is 0 Å². The summed E-state index contributed by atoms with van der Waals surface area (Å²) in [7, 11) is 5.97. The Morgan fingerprint density at radius 1 is 0.475 bits per heavy atom. The van der Waals surface area contributed by atoms with Crippen LogP contribution in [0.1, 0.15) is 245 Å². The Labute approximate surface area is 376 Å². The number of esters is 2. The number of allylic oxidation sites excluding steroid dienone is 2. The van der Waals surface area contributed by atoms with Crippen LogP contribution in [0.2, 0.25) is 0 Å². The van der Waals surface area contributed by atoms with Gasteiger partial charge in [-0.25, -0.2) is 4.79 Å². The van der Waals surface area contributed by atoms with E-state index in [-0.39, 0.29) is 32.2 Å². The van der Waals surface area contributed by atoms with Crippen molar-refractivity contribution in [2.75, 3.05) is 47.5 Å². The normalized spacial score (nSPS) is 12.9. The van der Waals surface area contributed by atoms with Crippen molar-refractivity contribution in [3.8, 4) is 0 Å². The van der Waals surface area contributed by atoms with E-state index in [1.807, 2.05) is 21.1 Å². The second-order valence-corrected chi connectivity index (χ2v) is 18.8. The molecule has 0 bridgehead atoms. The first-order chi connectivity index (χ1) is 29.6. The molecule has 0 amide bonds. The lowest BCUT2D eigenvalue weighted by atomic mass is 10.0. The predicted octanol–water partition coefficient (Wildman–Crippen LogP) is 14.2. The Kier molecular flexibility index (Phi) is 43.2. The third-order valence-corrected chi connectivity index (χ3v) is 11.5. The van der Waals surface area contributed by atoms with Crippen LogP contribution >= 0.6 is 0 Å². The molecule has 0 aromatic heterocycles. The number of hydrogen-bond donors (Lipinski definition) is 1. The van der Waals surface area contributed by atoms with Gasteiger partial charge in [-0.2, -0.15) is 0 Å². The number of carboxylic acids is 1. The van der Waals surface area contributed by atoms with Crippen molar-refractivity contribution >= 4 is 17.9 Å². The molecule has 0 aliphatic carbocycles. The summed E-state index contributed by atoms with van der Waals surface area (Å²) in [6.45, 7) is 4.90. The number of nitrogens with zero attached hydrogens (tertiary/aromatic N) is 1. The second kappa shape index (κ2) is 44.6. The largest absolute Gasteiger partial charge is 0.477 e. The number of carbonyl (C=O) groups is 3.